The normalized spacial score (nSPS) is 20.6. The Kier molecular flexibility index (Phi) is 7.20. The van der Waals surface area contributed by atoms with Crippen molar-refractivity contribution in [3.8, 4) is 0 Å². The predicted octanol–water partition coefficient (Wildman–Crippen LogP) is -0.0752. The minimum atomic E-state index is 0.273. The summed E-state index contributed by atoms with van der Waals surface area (Å²) in [5.74, 6) is 0.273. The third kappa shape index (κ3) is 6.05. The molecule has 1 amide bonds. The molecule has 3 rings (SSSR count). The van der Waals surface area contributed by atoms with E-state index in [0.29, 0.717) is 6.42 Å². The number of ether oxygens (including phenoxy) is 1. The van der Waals surface area contributed by atoms with Crippen LogP contribution >= 0.6 is 0 Å². The van der Waals surface area contributed by atoms with Crippen LogP contribution in [-0.4, -0.2) is 101 Å². The molecule has 8 heteroatoms. The number of aryl methyl sites for hydroxylation is 1. The van der Waals surface area contributed by atoms with Crippen LogP contribution in [0.3, 0.4) is 0 Å². The Balaban J connectivity index is 1.33. The van der Waals surface area contributed by atoms with Crippen LogP contribution in [-0.2, 0) is 16.1 Å². The molecule has 2 fully saturated rings. The van der Waals surface area contributed by atoms with Gasteiger partial charge >= 0.3 is 0 Å². The van der Waals surface area contributed by atoms with E-state index >= 15 is 0 Å². The fourth-order valence-electron chi connectivity index (χ4n) is 3.45. The molecule has 0 spiro atoms. The van der Waals surface area contributed by atoms with E-state index in [1.54, 1.807) is 11.0 Å². The van der Waals surface area contributed by atoms with Crippen molar-refractivity contribution in [1.29, 1.82) is 0 Å². The maximum atomic E-state index is 12.4. The largest absolute Gasteiger partial charge is 0.379 e. The van der Waals surface area contributed by atoms with Crippen LogP contribution in [0.4, 0.5) is 0 Å². The topological polar surface area (TPSA) is 66.7 Å². The summed E-state index contributed by atoms with van der Waals surface area (Å²) in [4.78, 5) is 23.4. The molecule has 0 radical (unpaired) electrons. The fourth-order valence-corrected chi connectivity index (χ4v) is 3.45. The molecule has 8 nitrogen and oxygen atoms in total. The molecule has 2 aliphatic rings. The van der Waals surface area contributed by atoms with Crippen molar-refractivity contribution in [2.24, 2.45) is 0 Å². The van der Waals surface area contributed by atoms with E-state index in [0.717, 1.165) is 85.0 Å². The van der Waals surface area contributed by atoms with Crippen molar-refractivity contribution in [2.75, 3.05) is 65.6 Å². The lowest BCUT2D eigenvalue weighted by Crippen LogP contribution is -2.42. The summed E-state index contributed by atoms with van der Waals surface area (Å²) < 4.78 is 7.18. The maximum absolute atomic E-state index is 12.4. The minimum absolute atomic E-state index is 0.273. The van der Waals surface area contributed by atoms with Gasteiger partial charge in [-0.25, -0.2) is 4.98 Å². The van der Waals surface area contributed by atoms with Crippen molar-refractivity contribution in [2.45, 2.75) is 25.8 Å². The Bertz CT molecular complexity index is 503. The average Bonchev–Trinajstić information content (AvgIpc) is 3.04. The fraction of sp³-hybridized carbons (Fsp3) is 0.824. The Morgan fingerprint density at radius 1 is 0.960 bits per heavy atom. The molecule has 2 saturated heterocycles. The van der Waals surface area contributed by atoms with Gasteiger partial charge in [-0.1, -0.05) is 0 Å². The summed E-state index contributed by atoms with van der Waals surface area (Å²) in [6, 6.07) is 0. The van der Waals surface area contributed by atoms with Gasteiger partial charge in [0.1, 0.15) is 12.7 Å². The summed E-state index contributed by atoms with van der Waals surface area (Å²) in [7, 11) is 0. The van der Waals surface area contributed by atoms with Gasteiger partial charge in [0.15, 0.2) is 0 Å². The van der Waals surface area contributed by atoms with E-state index in [4.69, 9.17) is 4.74 Å². The van der Waals surface area contributed by atoms with Crippen LogP contribution in [0.1, 0.15) is 19.3 Å². The molecule has 0 saturated carbocycles. The molecule has 0 aromatic carbocycles. The molecule has 0 aliphatic carbocycles. The number of nitrogens with zero attached hydrogens (tertiary/aromatic N) is 6. The molecule has 0 unspecified atom stereocenters. The van der Waals surface area contributed by atoms with Gasteiger partial charge in [-0.05, 0) is 19.4 Å². The van der Waals surface area contributed by atoms with Crippen LogP contribution < -0.4 is 0 Å². The number of amides is 1. The highest BCUT2D eigenvalue weighted by Gasteiger charge is 2.19. The second-order valence-corrected chi connectivity index (χ2v) is 6.79. The number of hydrogen-bond donors (Lipinski definition) is 0. The lowest BCUT2D eigenvalue weighted by atomic mass is 10.2. The lowest BCUT2D eigenvalue weighted by Gasteiger charge is -2.29. The molecule has 0 bridgehead atoms. The zero-order chi connectivity index (χ0) is 17.3. The third-order valence-electron chi connectivity index (χ3n) is 5.02. The molecule has 0 atom stereocenters. The summed E-state index contributed by atoms with van der Waals surface area (Å²) in [6.45, 7) is 10.6. The van der Waals surface area contributed by atoms with Crippen LogP contribution in [0.25, 0.3) is 0 Å². The Hall–Kier alpha value is -1.51. The molecule has 1 aromatic heterocycles. The second-order valence-electron chi connectivity index (χ2n) is 6.79. The van der Waals surface area contributed by atoms with Crippen molar-refractivity contribution < 1.29 is 9.53 Å². The molecule has 2 aliphatic heterocycles. The highest BCUT2D eigenvalue weighted by Crippen LogP contribution is 2.07. The lowest BCUT2D eigenvalue weighted by molar-refractivity contribution is -0.131. The first-order chi connectivity index (χ1) is 12.3. The van der Waals surface area contributed by atoms with Crippen molar-refractivity contribution in [3.05, 3.63) is 12.7 Å². The first-order valence-corrected chi connectivity index (χ1v) is 9.44. The number of rotatable bonds is 7. The van der Waals surface area contributed by atoms with E-state index in [-0.39, 0.29) is 5.91 Å². The minimum Gasteiger partial charge on any atom is -0.379 e. The summed E-state index contributed by atoms with van der Waals surface area (Å²) >= 11 is 0. The highest BCUT2D eigenvalue weighted by atomic mass is 16.5. The van der Waals surface area contributed by atoms with Crippen molar-refractivity contribution in [3.63, 3.8) is 0 Å². The van der Waals surface area contributed by atoms with E-state index in [1.807, 2.05) is 4.90 Å². The van der Waals surface area contributed by atoms with E-state index < -0.39 is 0 Å². The number of morpholine rings is 1. The number of carbonyl (C=O) groups is 1. The summed E-state index contributed by atoms with van der Waals surface area (Å²) in [5.41, 5.74) is 0. The van der Waals surface area contributed by atoms with E-state index in [2.05, 4.69) is 19.9 Å². The standard InChI is InChI=1S/C17H30N6O2/c24-17(3-1-6-23-16-18-15-19-23)22-5-2-4-20(9-10-22)7-8-21-11-13-25-14-12-21/h15-16H,1-14H2. The zero-order valence-electron chi connectivity index (χ0n) is 15.1. The second kappa shape index (κ2) is 9.84. The smallest absolute Gasteiger partial charge is 0.222 e. The SMILES string of the molecule is O=C(CCCn1cncn1)N1CCCN(CCN2CCOCC2)CC1. The molecule has 25 heavy (non-hydrogen) atoms. The summed E-state index contributed by atoms with van der Waals surface area (Å²) in [6.07, 6.45) is 5.70. The Morgan fingerprint density at radius 2 is 1.76 bits per heavy atom. The van der Waals surface area contributed by atoms with Gasteiger partial charge in [0, 0.05) is 58.8 Å². The van der Waals surface area contributed by atoms with Crippen LogP contribution in [0.15, 0.2) is 12.7 Å². The van der Waals surface area contributed by atoms with Crippen molar-refractivity contribution in [1.82, 2.24) is 29.5 Å². The van der Waals surface area contributed by atoms with E-state index in [9.17, 15) is 4.79 Å². The van der Waals surface area contributed by atoms with Crippen molar-refractivity contribution >= 4 is 5.91 Å². The van der Waals surface area contributed by atoms with Gasteiger partial charge in [-0.15, -0.1) is 0 Å². The summed E-state index contributed by atoms with van der Waals surface area (Å²) in [5, 5.41) is 4.07. The highest BCUT2D eigenvalue weighted by molar-refractivity contribution is 5.76. The molecular weight excluding hydrogens is 320 g/mol. The monoisotopic (exact) mass is 350 g/mol. The quantitative estimate of drug-likeness (QED) is 0.686. The van der Waals surface area contributed by atoms with Gasteiger partial charge < -0.3 is 14.5 Å². The number of aromatic nitrogens is 3. The first-order valence-electron chi connectivity index (χ1n) is 9.44. The zero-order valence-corrected chi connectivity index (χ0v) is 15.1. The van der Waals surface area contributed by atoms with Gasteiger partial charge in [0.2, 0.25) is 5.91 Å². The van der Waals surface area contributed by atoms with Crippen LogP contribution in [0.2, 0.25) is 0 Å². The van der Waals surface area contributed by atoms with E-state index in [1.165, 1.54) is 6.33 Å². The third-order valence-corrected chi connectivity index (χ3v) is 5.02. The van der Waals surface area contributed by atoms with Gasteiger partial charge in [0.25, 0.3) is 0 Å². The molecule has 0 N–H and O–H groups in total. The van der Waals surface area contributed by atoms with Gasteiger partial charge in [-0.2, -0.15) is 5.10 Å². The average molecular weight is 350 g/mol. The first kappa shape index (κ1) is 18.3. The van der Waals surface area contributed by atoms with Gasteiger partial charge in [0.05, 0.1) is 13.2 Å². The Labute approximate surface area is 149 Å². The van der Waals surface area contributed by atoms with Gasteiger partial charge in [-0.3, -0.25) is 14.4 Å². The number of hydrogen-bond acceptors (Lipinski definition) is 6. The molecular formula is C17H30N6O2. The molecule has 1 aromatic rings. The number of carbonyl (C=O) groups excluding carboxylic acids is 1. The molecule has 3 heterocycles. The molecule has 140 valence electrons. The van der Waals surface area contributed by atoms with Crippen LogP contribution in [0, 0.1) is 0 Å². The van der Waals surface area contributed by atoms with Crippen LogP contribution in [0.5, 0.6) is 0 Å². The maximum Gasteiger partial charge on any atom is 0.222 e. The predicted molar refractivity (Wildman–Crippen MR) is 94.2 cm³/mol. The Morgan fingerprint density at radius 3 is 2.52 bits per heavy atom.